The van der Waals surface area contributed by atoms with Crippen molar-refractivity contribution in [1.29, 1.82) is 0 Å². The van der Waals surface area contributed by atoms with Gasteiger partial charge in [0.25, 0.3) is 5.91 Å². The molecule has 1 aromatic rings. The summed E-state index contributed by atoms with van der Waals surface area (Å²) < 4.78 is 5.51. The lowest BCUT2D eigenvalue weighted by molar-refractivity contribution is -0.0667. The van der Waals surface area contributed by atoms with Crippen molar-refractivity contribution >= 4 is 5.91 Å². The number of nitrogens with one attached hydrogen (secondary N) is 1. The molecule has 2 N–H and O–H groups in total. The van der Waals surface area contributed by atoms with Gasteiger partial charge in [0.2, 0.25) is 0 Å². The summed E-state index contributed by atoms with van der Waals surface area (Å²) in [6, 6.07) is 5.99. The topological polar surface area (TPSA) is 61.8 Å². The number of hydrogen-bond acceptors (Lipinski definition) is 4. The van der Waals surface area contributed by atoms with E-state index in [0.717, 1.165) is 25.1 Å². The first-order valence-electron chi connectivity index (χ1n) is 7.55. The smallest absolute Gasteiger partial charge is 0.254 e. The third-order valence-corrected chi connectivity index (χ3v) is 4.34. The summed E-state index contributed by atoms with van der Waals surface area (Å²) in [7, 11) is 0. The molecular weight excluding hydrogens is 268 g/mol. The number of carbonyl (C=O) groups is 1. The van der Waals surface area contributed by atoms with E-state index in [1.807, 2.05) is 24.0 Å². The molecule has 1 aromatic carbocycles. The Kier molecular flexibility index (Phi) is 4.24. The van der Waals surface area contributed by atoms with Gasteiger partial charge in [-0.25, -0.2) is 0 Å². The lowest BCUT2D eigenvalue weighted by atomic mass is 9.94. The van der Waals surface area contributed by atoms with E-state index < -0.39 is 0 Å². The molecular formula is C16H22N2O3. The number of rotatable bonds is 2. The van der Waals surface area contributed by atoms with Crippen LogP contribution in [-0.2, 0) is 17.7 Å². The number of benzene rings is 1. The summed E-state index contributed by atoms with van der Waals surface area (Å²) in [5.41, 5.74) is 3.19. The van der Waals surface area contributed by atoms with E-state index >= 15 is 0 Å². The van der Waals surface area contributed by atoms with Crippen LogP contribution in [0.5, 0.6) is 0 Å². The van der Waals surface area contributed by atoms with Crippen molar-refractivity contribution < 1.29 is 14.6 Å². The second kappa shape index (κ2) is 6.13. The van der Waals surface area contributed by atoms with E-state index in [0.29, 0.717) is 13.2 Å². The van der Waals surface area contributed by atoms with Crippen molar-refractivity contribution in [2.24, 2.45) is 0 Å². The maximum absolute atomic E-state index is 12.9. The number of morpholine rings is 1. The van der Waals surface area contributed by atoms with Crippen molar-refractivity contribution in [3.05, 3.63) is 34.9 Å². The Balaban J connectivity index is 1.87. The molecule has 5 nitrogen and oxygen atoms in total. The number of hydrogen-bond donors (Lipinski definition) is 2. The van der Waals surface area contributed by atoms with Gasteiger partial charge in [-0.3, -0.25) is 4.79 Å². The molecule has 2 heterocycles. The van der Waals surface area contributed by atoms with Crippen molar-refractivity contribution in [3.8, 4) is 0 Å². The van der Waals surface area contributed by atoms with Gasteiger partial charge in [-0.05, 0) is 37.1 Å². The van der Waals surface area contributed by atoms with E-state index in [1.54, 1.807) is 0 Å². The molecule has 2 aliphatic heterocycles. The van der Waals surface area contributed by atoms with E-state index in [9.17, 15) is 9.90 Å². The Morgan fingerprint density at radius 3 is 3.19 bits per heavy atom. The van der Waals surface area contributed by atoms with Crippen molar-refractivity contribution in [3.63, 3.8) is 0 Å². The minimum absolute atomic E-state index is 0.0397. The Bertz CT molecular complexity index is 532. The highest BCUT2D eigenvalue weighted by Gasteiger charge is 2.31. The van der Waals surface area contributed by atoms with Crippen LogP contribution in [0, 0.1) is 0 Å². The number of ether oxygens (including phenoxy) is 1. The Morgan fingerprint density at radius 2 is 2.38 bits per heavy atom. The zero-order valence-electron chi connectivity index (χ0n) is 12.3. The highest BCUT2D eigenvalue weighted by atomic mass is 16.5. The second-order valence-electron chi connectivity index (χ2n) is 5.81. The third kappa shape index (κ3) is 2.81. The molecule has 0 spiro atoms. The first-order chi connectivity index (χ1) is 10.2. The maximum Gasteiger partial charge on any atom is 0.254 e. The summed E-state index contributed by atoms with van der Waals surface area (Å²) in [5, 5.41) is 12.6. The van der Waals surface area contributed by atoms with E-state index in [4.69, 9.17) is 4.74 Å². The zero-order chi connectivity index (χ0) is 14.8. The van der Waals surface area contributed by atoms with Crippen molar-refractivity contribution in [2.45, 2.75) is 32.0 Å². The molecule has 114 valence electrons. The molecule has 3 rings (SSSR count). The van der Waals surface area contributed by atoms with Crippen molar-refractivity contribution in [1.82, 2.24) is 10.2 Å². The van der Waals surface area contributed by atoms with Crippen molar-refractivity contribution in [2.75, 3.05) is 26.3 Å². The number of nitrogens with zero attached hydrogens (tertiary/aromatic N) is 1. The van der Waals surface area contributed by atoms with Crippen LogP contribution >= 0.6 is 0 Å². The molecule has 1 saturated heterocycles. The number of carbonyl (C=O) groups excluding carboxylic acids is 1. The van der Waals surface area contributed by atoms with E-state index in [2.05, 4.69) is 11.4 Å². The molecule has 1 fully saturated rings. The minimum atomic E-state index is -0.272. The Labute approximate surface area is 124 Å². The Morgan fingerprint density at radius 1 is 1.52 bits per heavy atom. The molecule has 0 bridgehead atoms. The predicted octanol–water partition coefficient (Wildman–Crippen LogP) is 0.554. The highest BCUT2D eigenvalue weighted by molar-refractivity contribution is 5.96. The quantitative estimate of drug-likeness (QED) is 0.835. The third-order valence-electron chi connectivity index (χ3n) is 4.34. The van der Waals surface area contributed by atoms with E-state index in [-0.39, 0.29) is 24.7 Å². The fraction of sp³-hybridized carbons (Fsp3) is 0.562. The SMILES string of the molecule is CC1COC(CO)CN1C(=O)c1cccc2c1CCNC2. The first-order valence-corrected chi connectivity index (χ1v) is 7.55. The average Bonchev–Trinajstić information content (AvgIpc) is 2.54. The van der Waals surface area contributed by atoms with Crippen LogP contribution in [0.3, 0.4) is 0 Å². The standard InChI is InChI=1S/C16H22N2O3/c1-11-10-21-13(9-19)8-18(11)16(20)15-4-2-3-12-7-17-6-5-14(12)15/h2-4,11,13,17,19H,5-10H2,1H3. The van der Waals surface area contributed by atoms with Crippen LogP contribution in [-0.4, -0.2) is 54.4 Å². The van der Waals surface area contributed by atoms with Crippen LogP contribution in [0.2, 0.25) is 0 Å². The minimum Gasteiger partial charge on any atom is -0.394 e. The van der Waals surface area contributed by atoms with Crippen LogP contribution in [0.4, 0.5) is 0 Å². The van der Waals surface area contributed by atoms with Gasteiger partial charge in [-0.2, -0.15) is 0 Å². The summed E-state index contributed by atoms with van der Waals surface area (Å²) in [6.45, 7) is 4.62. The zero-order valence-corrected chi connectivity index (χ0v) is 12.3. The number of amides is 1. The number of aliphatic hydroxyl groups excluding tert-OH is 1. The maximum atomic E-state index is 12.9. The molecule has 0 saturated carbocycles. The molecule has 0 radical (unpaired) electrons. The van der Waals surface area contributed by atoms with Crippen LogP contribution < -0.4 is 5.32 Å². The van der Waals surface area contributed by atoms with Gasteiger partial charge in [-0.15, -0.1) is 0 Å². The van der Waals surface area contributed by atoms with Gasteiger partial charge in [-0.1, -0.05) is 12.1 Å². The Hall–Kier alpha value is -1.43. The normalized spacial score (nSPS) is 25.5. The van der Waals surface area contributed by atoms with Gasteiger partial charge in [0, 0.05) is 18.7 Å². The summed E-state index contributed by atoms with van der Waals surface area (Å²) in [5.74, 6) is 0.0583. The van der Waals surface area contributed by atoms with Gasteiger partial charge in [0.15, 0.2) is 0 Å². The largest absolute Gasteiger partial charge is 0.394 e. The predicted molar refractivity (Wildman–Crippen MR) is 79.2 cm³/mol. The van der Waals surface area contributed by atoms with Crippen LogP contribution in [0.25, 0.3) is 0 Å². The summed E-state index contributed by atoms with van der Waals surface area (Å²) >= 11 is 0. The fourth-order valence-corrected chi connectivity index (χ4v) is 3.10. The number of aliphatic hydroxyl groups is 1. The summed E-state index contributed by atoms with van der Waals surface area (Å²) in [6.07, 6.45) is 0.616. The van der Waals surface area contributed by atoms with Crippen LogP contribution in [0.1, 0.15) is 28.4 Å². The fourth-order valence-electron chi connectivity index (χ4n) is 3.10. The molecule has 0 aliphatic carbocycles. The van der Waals surface area contributed by atoms with Crippen LogP contribution in [0.15, 0.2) is 18.2 Å². The molecule has 21 heavy (non-hydrogen) atoms. The van der Waals surface area contributed by atoms with Gasteiger partial charge >= 0.3 is 0 Å². The highest BCUT2D eigenvalue weighted by Crippen LogP contribution is 2.22. The van der Waals surface area contributed by atoms with Gasteiger partial charge in [0.05, 0.1) is 25.4 Å². The summed E-state index contributed by atoms with van der Waals surface area (Å²) in [4.78, 5) is 14.7. The monoisotopic (exact) mass is 290 g/mol. The first kappa shape index (κ1) is 14.5. The lowest BCUT2D eigenvalue weighted by Gasteiger charge is -2.38. The van der Waals surface area contributed by atoms with Gasteiger partial charge < -0.3 is 20.1 Å². The van der Waals surface area contributed by atoms with E-state index in [1.165, 1.54) is 11.1 Å². The molecule has 5 heteroatoms. The molecule has 2 atom stereocenters. The molecule has 2 unspecified atom stereocenters. The van der Waals surface area contributed by atoms with Gasteiger partial charge in [0.1, 0.15) is 0 Å². The average molecular weight is 290 g/mol. The second-order valence-corrected chi connectivity index (χ2v) is 5.81. The molecule has 2 aliphatic rings. The number of fused-ring (bicyclic) bond motifs is 1. The molecule has 1 amide bonds. The lowest BCUT2D eigenvalue weighted by Crippen LogP contribution is -2.52. The molecule has 0 aromatic heterocycles.